The molecule has 0 aromatic carbocycles. The minimum atomic E-state index is -0.809. The van der Waals surface area contributed by atoms with Crippen LogP contribution in [0, 0.1) is 0 Å². The lowest BCUT2D eigenvalue weighted by Crippen LogP contribution is -2.04. The van der Waals surface area contributed by atoms with Crippen LogP contribution in [0.2, 0.25) is 0 Å². The predicted molar refractivity (Wildman–Crippen MR) is 79.4 cm³/mol. The molecule has 0 amide bonds. The fraction of sp³-hybridized carbons (Fsp3) is 0.333. The Hall–Kier alpha value is -1.88. The number of thiophene rings is 1. The van der Waals surface area contributed by atoms with Crippen LogP contribution in [-0.4, -0.2) is 22.7 Å². The molecule has 0 radical (unpaired) electrons. The normalized spacial score (nSPS) is 12.1. The van der Waals surface area contributed by atoms with E-state index in [0.29, 0.717) is 6.61 Å². The van der Waals surface area contributed by atoms with Gasteiger partial charge in [0, 0.05) is 21.5 Å². The molecule has 20 heavy (non-hydrogen) atoms. The molecule has 0 aliphatic rings. The van der Waals surface area contributed by atoms with Gasteiger partial charge in [-0.1, -0.05) is 6.92 Å². The van der Waals surface area contributed by atoms with Crippen LogP contribution in [0.15, 0.2) is 30.6 Å². The van der Waals surface area contributed by atoms with Gasteiger partial charge < -0.3 is 9.84 Å². The minimum Gasteiger partial charge on any atom is -0.492 e. The molecule has 0 spiro atoms. The summed E-state index contributed by atoms with van der Waals surface area (Å²) in [5.41, 5.74) is 0.951. The van der Waals surface area contributed by atoms with Gasteiger partial charge in [-0.3, -0.25) is 9.78 Å². The summed E-state index contributed by atoms with van der Waals surface area (Å²) in [6.45, 7) is 4.41. The van der Waals surface area contributed by atoms with Crippen molar-refractivity contribution in [1.82, 2.24) is 4.98 Å². The number of aliphatic carboxylic acids is 1. The molecule has 2 aromatic heterocycles. The summed E-state index contributed by atoms with van der Waals surface area (Å²) in [5, 5.41) is 9.03. The van der Waals surface area contributed by atoms with Crippen LogP contribution < -0.4 is 4.74 Å². The Morgan fingerprint density at radius 2 is 2.25 bits per heavy atom. The fourth-order valence-electron chi connectivity index (χ4n) is 1.71. The molecule has 2 heterocycles. The van der Waals surface area contributed by atoms with Crippen LogP contribution in [-0.2, 0) is 4.79 Å². The first-order chi connectivity index (χ1) is 9.61. The quantitative estimate of drug-likeness (QED) is 0.879. The highest BCUT2D eigenvalue weighted by Gasteiger charge is 2.16. The lowest BCUT2D eigenvalue weighted by molar-refractivity contribution is -0.138. The van der Waals surface area contributed by atoms with E-state index < -0.39 is 11.9 Å². The van der Waals surface area contributed by atoms with Crippen molar-refractivity contribution in [3.63, 3.8) is 0 Å². The number of carboxylic acids is 1. The first kappa shape index (κ1) is 14.5. The molecule has 2 rings (SSSR count). The van der Waals surface area contributed by atoms with Gasteiger partial charge in [0.05, 0.1) is 18.7 Å². The molecule has 0 bridgehead atoms. The zero-order valence-electron chi connectivity index (χ0n) is 11.5. The van der Waals surface area contributed by atoms with Crippen molar-refractivity contribution >= 4 is 17.3 Å². The Morgan fingerprint density at radius 1 is 1.45 bits per heavy atom. The summed E-state index contributed by atoms with van der Waals surface area (Å²) >= 11 is 1.48. The average Bonchev–Trinajstić information content (AvgIpc) is 2.94. The summed E-state index contributed by atoms with van der Waals surface area (Å²) in [7, 11) is 0. The standard InChI is InChI=1S/C15H17NO3S/c1-3-6-19-12-7-11(8-16-9-12)14-5-4-13(20-14)10(2)15(17)18/h4-5,7-10H,3,6H2,1-2H3,(H,17,18). The van der Waals surface area contributed by atoms with E-state index in [4.69, 9.17) is 9.84 Å². The Labute approximate surface area is 122 Å². The van der Waals surface area contributed by atoms with E-state index in [1.54, 1.807) is 19.3 Å². The van der Waals surface area contributed by atoms with Crippen molar-refractivity contribution in [2.45, 2.75) is 26.2 Å². The molecule has 5 heteroatoms. The number of carbonyl (C=O) groups is 1. The molecule has 1 N–H and O–H groups in total. The maximum Gasteiger partial charge on any atom is 0.311 e. The van der Waals surface area contributed by atoms with Crippen LogP contribution >= 0.6 is 11.3 Å². The highest BCUT2D eigenvalue weighted by Crippen LogP contribution is 2.33. The molecule has 0 saturated carbocycles. The van der Waals surface area contributed by atoms with E-state index in [9.17, 15) is 4.79 Å². The van der Waals surface area contributed by atoms with Gasteiger partial charge in [0.1, 0.15) is 5.75 Å². The van der Waals surface area contributed by atoms with Crippen molar-refractivity contribution < 1.29 is 14.6 Å². The Balaban J connectivity index is 2.21. The van der Waals surface area contributed by atoms with E-state index in [0.717, 1.165) is 27.5 Å². The largest absolute Gasteiger partial charge is 0.492 e. The molecular formula is C15H17NO3S. The van der Waals surface area contributed by atoms with Gasteiger partial charge in [-0.2, -0.15) is 0 Å². The van der Waals surface area contributed by atoms with Crippen molar-refractivity contribution in [1.29, 1.82) is 0 Å². The summed E-state index contributed by atoms with van der Waals surface area (Å²) in [6, 6.07) is 5.72. The first-order valence-electron chi connectivity index (χ1n) is 6.52. The zero-order chi connectivity index (χ0) is 14.5. The Kier molecular flexibility index (Phi) is 4.74. The second-order valence-corrected chi connectivity index (χ2v) is 5.64. The Morgan fingerprint density at radius 3 is 2.95 bits per heavy atom. The molecule has 0 fully saturated rings. The Bertz CT molecular complexity index is 594. The predicted octanol–water partition coefficient (Wildman–Crippen LogP) is 3.79. The summed E-state index contributed by atoms with van der Waals surface area (Å²) in [6.07, 6.45) is 4.40. The van der Waals surface area contributed by atoms with Crippen molar-refractivity contribution in [3.8, 4) is 16.2 Å². The average molecular weight is 291 g/mol. The molecule has 1 atom stereocenters. The van der Waals surface area contributed by atoms with Gasteiger partial charge in [-0.15, -0.1) is 11.3 Å². The van der Waals surface area contributed by atoms with Gasteiger partial charge in [-0.25, -0.2) is 0 Å². The van der Waals surface area contributed by atoms with Gasteiger partial charge in [0.25, 0.3) is 0 Å². The maximum atomic E-state index is 11.0. The van der Waals surface area contributed by atoms with Crippen LogP contribution in [0.4, 0.5) is 0 Å². The third-order valence-corrected chi connectivity index (χ3v) is 4.21. The summed E-state index contributed by atoms with van der Waals surface area (Å²) in [5.74, 6) is -0.552. The number of hydrogen-bond donors (Lipinski definition) is 1. The number of ether oxygens (including phenoxy) is 1. The second kappa shape index (κ2) is 6.52. The van der Waals surface area contributed by atoms with Crippen LogP contribution in [0.3, 0.4) is 0 Å². The second-order valence-electron chi connectivity index (χ2n) is 4.52. The van der Waals surface area contributed by atoms with Crippen molar-refractivity contribution in [2.24, 2.45) is 0 Å². The van der Waals surface area contributed by atoms with Gasteiger partial charge in [0.15, 0.2) is 0 Å². The summed E-state index contributed by atoms with van der Waals surface area (Å²) in [4.78, 5) is 17.0. The number of nitrogens with zero attached hydrogens (tertiary/aromatic N) is 1. The van der Waals surface area contributed by atoms with Gasteiger partial charge in [0.2, 0.25) is 0 Å². The van der Waals surface area contributed by atoms with Gasteiger partial charge >= 0.3 is 5.97 Å². The number of pyridine rings is 1. The minimum absolute atomic E-state index is 0.485. The summed E-state index contributed by atoms with van der Waals surface area (Å²) < 4.78 is 5.56. The third-order valence-electron chi connectivity index (χ3n) is 2.89. The molecule has 106 valence electrons. The smallest absolute Gasteiger partial charge is 0.311 e. The van der Waals surface area contributed by atoms with Crippen LogP contribution in [0.25, 0.3) is 10.4 Å². The number of rotatable bonds is 6. The van der Waals surface area contributed by atoms with Crippen LogP contribution in [0.5, 0.6) is 5.75 Å². The fourth-order valence-corrected chi connectivity index (χ4v) is 2.75. The third kappa shape index (κ3) is 3.36. The van der Waals surface area contributed by atoms with Crippen molar-refractivity contribution in [2.75, 3.05) is 6.61 Å². The number of carboxylic acid groups (broad SMARTS) is 1. The molecule has 1 unspecified atom stereocenters. The maximum absolute atomic E-state index is 11.0. The molecule has 0 aliphatic heterocycles. The molecule has 0 aliphatic carbocycles. The van der Waals surface area contributed by atoms with Crippen LogP contribution in [0.1, 0.15) is 31.1 Å². The van der Waals surface area contributed by atoms with E-state index in [-0.39, 0.29) is 0 Å². The molecular weight excluding hydrogens is 274 g/mol. The van der Waals surface area contributed by atoms with E-state index in [2.05, 4.69) is 11.9 Å². The monoisotopic (exact) mass is 291 g/mol. The van der Waals surface area contributed by atoms with Crippen molar-refractivity contribution in [3.05, 3.63) is 35.5 Å². The molecule has 0 saturated heterocycles. The SMILES string of the molecule is CCCOc1cncc(-c2ccc(C(C)C(=O)O)s2)c1. The first-order valence-corrected chi connectivity index (χ1v) is 7.34. The highest BCUT2D eigenvalue weighted by molar-refractivity contribution is 7.15. The highest BCUT2D eigenvalue weighted by atomic mass is 32.1. The lowest BCUT2D eigenvalue weighted by Gasteiger charge is -2.05. The number of aromatic nitrogens is 1. The lowest BCUT2D eigenvalue weighted by atomic mass is 10.1. The number of hydrogen-bond acceptors (Lipinski definition) is 4. The van der Waals surface area contributed by atoms with E-state index in [1.165, 1.54) is 11.3 Å². The van der Waals surface area contributed by atoms with E-state index >= 15 is 0 Å². The zero-order valence-corrected chi connectivity index (χ0v) is 12.3. The molecule has 4 nitrogen and oxygen atoms in total. The van der Waals surface area contributed by atoms with E-state index in [1.807, 2.05) is 18.2 Å². The van der Waals surface area contributed by atoms with Gasteiger partial charge in [-0.05, 0) is 31.5 Å². The molecule has 2 aromatic rings. The topological polar surface area (TPSA) is 59.4 Å².